The summed E-state index contributed by atoms with van der Waals surface area (Å²) in [6.07, 6.45) is 1.69. The molecule has 0 aliphatic rings. The van der Waals surface area contributed by atoms with Crippen molar-refractivity contribution in [3.05, 3.63) is 46.2 Å². The molecule has 0 fully saturated rings. The number of methoxy groups -OCH3 is 1. The summed E-state index contributed by atoms with van der Waals surface area (Å²) in [6.45, 7) is 0. The van der Waals surface area contributed by atoms with Crippen molar-refractivity contribution in [2.75, 3.05) is 7.11 Å². The van der Waals surface area contributed by atoms with Crippen LogP contribution in [-0.2, 0) is 0 Å². The largest absolute Gasteiger partial charge is 0.497 e. The molecule has 1 aromatic carbocycles. The zero-order valence-electron chi connectivity index (χ0n) is 8.58. The lowest BCUT2D eigenvalue weighted by Crippen LogP contribution is -1.85. The molecule has 16 heavy (non-hydrogen) atoms. The molecule has 82 valence electrons. The van der Waals surface area contributed by atoms with Crippen LogP contribution in [0.4, 0.5) is 0 Å². The summed E-state index contributed by atoms with van der Waals surface area (Å²) in [4.78, 5) is 3.95. The average molecular weight is 299 g/mol. The molecule has 0 bridgehead atoms. The lowest BCUT2D eigenvalue weighted by atomic mass is 10.1. The minimum Gasteiger partial charge on any atom is -0.497 e. The van der Waals surface area contributed by atoms with Crippen LogP contribution < -0.4 is 4.74 Å². The maximum Gasteiger partial charge on any atom is 0.129 e. The highest BCUT2D eigenvalue weighted by Gasteiger charge is 2.03. The predicted molar refractivity (Wildman–Crippen MR) is 68.9 cm³/mol. The van der Waals surface area contributed by atoms with Gasteiger partial charge in [0.1, 0.15) is 10.9 Å². The number of pyridine rings is 1. The van der Waals surface area contributed by atoms with Crippen LogP contribution in [-0.4, -0.2) is 12.1 Å². The Morgan fingerprint density at radius 2 is 2.00 bits per heavy atom. The highest BCUT2D eigenvalue weighted by atomic mass is 79.9. The molecule has 0 amide bonds. The SMILES string of the molecule is COc1cc(Br)cc(-c2ccnc(Cl)c2)c1. The van der Waals surface area contributed by atoms with Crippen molar-refractivity contribution in [3.8, 4) is 16.9 Å². The first-order valence-corrected chi connectivity index (χ1v) is 5.82. The first-order valence-electron chi connectivity index (χ1n) is 4.65. The Kier molecular flexibility index (Phi) is 3.46. The third kappa shape index (κ3) is 2.54. The number of halogens is 2. The third-order valence-electron chi connectivity index (χ3n) is 2.17. The molecule has 2 nitrogen and oxygen atoms in total. The van der Waals surface area contributed by atoms with Gasteiger partial charge in [0.05, 0.1) is 7.11 Å². The summed E-state index contributed by atoms with van der Waals surface area (Å²) in [6, 6.07) is 9.60. The van der Waals surface area contributed by atoms with Crippen LogP contribution in [0.1, 0.15) is 0 Å². The second-order valence-electron chi connectivity index (χ2n) is 3.25. The number of rotatable bonds is 2. The van der Waals surface area contributed by atoms with Crippen LogP contribution in [0.5, 0.6) is 5.75 Å². The first-order chi connectivity index (χ1) is 7.69. The Morgan fingerprint density at radius 1 is 1.19 bits per heavy atom. The minimum absolute atomic E-state index is 0.483. The van der Waals surface area contributed by atoms with Gasteiger partial charge in [0, 0.05) is 10.7 Å². The van der Waals surface area contributed by atoms with E-state index in [-0.39, 0.29) is 0 Å². The molecular formula is C12H9BrClNO. The van der Waals surface area contributed by atoms with Gasteiger partial charge >= 0.3 is 0 Å². The van der Waals surface area contributed by atoms with Crippen molar-refractivity contribution in [2.45, 2.75) is 0 Å². The number of hydrogen-bond donors (Lipinski definition) is 0. The molecule has 0 atom stereocenters. The van der Waals surface area contributed by atoms with Crippen LogP contribution in [0.3, 0.4) is 0 Å². The number of aromatic nitrogens is 1. The van der Waals surface area contributed by atoms with Crippen molar-refractivity contribution in [1.82, 2.24) is 4.98 Å². The Bertz CT molecular complexity index is 516. The maximum atomic E-state index is 5.85. The quantitative estimate of drug-likeness (QED) is 0.776. The van der Waals surface area contributed by atoms with Crippen LogP contribution in [0.2, 0.25) is 5.15 Å². The summed E-state index contributed by atoms with van der Waals surface area (Å²) < 4.78 is 6.18. The smallest absolute Gasteiger partial charge is 0.129 e. The fraction of sp³-hybridized carbons (Fsp3) is 0.0833. The molecule has 0 aliphatic carbocycles. The van der Waals surface area contributed by atoms with Crippen molar-refractivity contribution in [1.29, 1.82) is 0 Å². The number of ether oxygens (including phenoxy) is 1. The number of nitrogens with zero attached hydrogens (tertiary/aromatic N) is 1. The highest BCUT2D eigenvalue weighted by molar-refractivity contribution is 9.10. The summed E-state index contributed by atoms with van der Waals surface area (Å²) in [5, 5.41) is 0.483. The normalized spacial score (nSPS) is 10.2. The van der Waals surface area contributed by atoms with Gasteiger partial charge in [-0.15, -0.1) is 0 Å². The van der Waals surface area contributed by atoms with Gasteiger partial charge in [-0.1, -0.05) is 27.5 Å². The predicted octanol–water partition coefficient (Wildman–Crippen LogP) is 4.17. The summed E-state index contributed by atoms with van der Waals surface area (Å²) in [7, 11) is 1.64. The fourth-order valence-electron chi connectivity index (χ4n) is 1.43. The Morgan fingerprint density at radius 3 is 2.69 bits per heavy atom. The Hall–Kier alpha value is -1.06. The molecule has 0 spiro atoms. The van der Waals surface area contributed by atoms with E-state index in [1.165, 1.54) is 0 Å². The summed E-state index contributed by atoms with van der Waals surface area (Å²) in [5.41, 5.74) is 2.05. The summed E-state index contributed by atoms with van der Waals surface area (Å²) >= 11 is 9.30. The van der Waals surface area contributed by atoms with Gasteiger partial charge in [0.2, 0.25) is 0 Å². The van der Waals surface area contributed by atoms with Crippen LogP contribution in [0.25, 0.3) is 11.1 Å². The van der Waals surface area contributed by atoms with Gasteiger partial charge in [-0.05, 0) is 41.5 Å². The van der Waals surface area contributed by atoms with Gasteiger partial charge in [0.25, 0.3) is 0 Å². The molecule has 1 aromatic heterocycles. The van der Waals surface area contributed by atoms with E-state index in [4.69, 9.17) is 16.3 Å². The van der Waals surface area contributed by atoms with E-state index in [0.29, 0.717) is 5.15 Å². The van der Waals surface area contributed by atoms with Crippen molar-refractivity contribution >= 4 is 27.5 Å². The van der Waals surface area contributed by atoms with Crippen molar-refractivity contribution < 1.29 is 4.74 Å². The zero-order chi connectivity index (χ0) is 11.5. The van der Waals surface area contributed by atoms with Crippen molar-refractivity contribution in [2.24, 2.45) is 0 Å². The highest BCUT2D eigenvalue weighted by Crippen LogP contribution is 2.29. The average Bonchev–Trinajstić information content (AvgIpc) is 2.28. The molecular weight excluding hydrogens is 289 g/mol. The van der Waals surface area contributed by atoms with Gasteiger partial charge in [-0.3, -0.25) is 0 Å². The molecule has 1 heterocycles. The molecule has 2 rings (SSSR count). The van der Waals surface area contributed by atoms with Crippen molar-refractivity contribution in [3.63, 3.8) is 0 Å². The number of hydrogen-bond acceptors (Lipinski definition) is 2. The van der Waals surface area contributed by atoms with E-state index in [1.54, 1.807) is 13.3 Å². The third-order valence-corrected chi connectivity index (χ3v) is 2.83. The maximum absolute atomic E-state index is 5.85. The molecule has 0 aliphatic heterocycles. The first kappa shape index (κ1) is 11.4. The van der Waals surface area contributed by atoms with E-state index in [0.717, 1.165) is 21.3 Å². The van der Waals surface area contributed by atoms with E-state index in [1.807, 2.05) is 30.3 Å². The van der Waals surface area contributed by atoms with E-state index in [2.05, 4.69) is 20.9 Å². The Labute approximate surface area is 107 Å². The molecule has 0 unspecified atom stereocenters. The van der Waals surface area contributed by atoms with Crippen LogP contribution in [0, 0.1) is 0 Å². The fourth-order valence-corrected chi connectivity index (χ4v) is 2.08. The minimum atomic E-state index is 0.483. The molecule has 0 saturated heterocycles. The van der Waals surface area contributed by atoms with Gasteiger partial charge in [0.15, 0.2) is 0 Å². The molecule has 2 aromatic rings. The molecule has 0 radical (unpaired) electrons. The van der Waals surface area contributed by atoms with E-state index < -0.39 is 0 Å². The van der Waals surface area contributed by atoms with E-state index in [9.17, 15) is 0 Å². The molecule has 0 saturated carbocycles. The van der Waals surface area contributed by atoms with Gasteiger partial charge in [-0.25, -0.2) is 4.98 Å². The second kappa shape index (κ2) is 4.85. The topological polar surface area (TPSA) is 22.1 Å². The van der Waals surface area contributed by atoms with Crippen LogP contribution >= 0.6 is 27.5 Å². The lowest BCUT2D eigenvalue weighted by molar-refractivity contribution is 0.414. The second-order valence-corrected chi connectivity index (χ2v) is 4.55. The summed E-state index contributed by atoms with van der Waals surface area (Å²) in [5.74, 6) is 0.803. The van der Waals surface area contributed by atoms with Gasteiger partial charge in [-0.2, -0.15) is 0 Å². The Balaban J connectivity index is 2.51. The van der Waals surface area contributed by atoms with Gasteiger partial charge < -0.3 is 4.74 Å². The van der Waals surface area contributed by atoms with Crippen LogP contribution in [0.15, 0.2) is 41.0 Å². The molecule has 4 heteroatoms. The lowest BCUT2D eigenvalue weighted by Gasteiger charge is -2.06. The van der Waals surface area contributed by atoms with E-state index >= 15 is 0 Å². The standard InChI is InChI=1S/C12H9BrClNO/c1-16-11-5-9(4-10(13)7-11)8-2-3-15-12(14)6-8/h2-7H,1H3. The number of benzene rings is 1. The molecule has 0 N–H and O–H groups in total. The monoisotopic (exact) mass is 297 g/mol. The zero-order valence-corrected chi connectivity index (χ0v) is 10.9.